The first-order valence-corrected chi connectivity index (χ1v) is 11.0. The smallest absolute Gasteiger partial charge is 0.408 e. The van der Waals surface area contributed by atoms with Crippen molar-refractivity contribution in [3.63, 3.8) is 0 Å². The summed E-state index contributed by atoms with van der Waals surface area (Å²) in [6.07, 6.45) is 1.08. The molecule has 152 valence electrons. The Balaban J connectivity index is 1.71. The molecule has 2 heterocycles. The fraction of sp³-hybridized carbons (Fsp3) is 0.471. The van der Waals surface area contributed by atoms with Crippen molar-refractivity contribution in [2.24, 2.45) is 0 Å². The molecular weight excluding hydrogens is 402 g/mol. The van der Waals surface area contributed by atoms with Gasteiger partial charge in [-0.25, -0.2) is 18.2 Å². The average molecular weight is 426 g/mol. The molecule has 1 aliphatic rings. The highest BCUT2D eigenvalue weighted by Crippen LogP contribution is 2.28. The highest BCUT2D eigenvalue weighted by molar-refractivity contribution is 7.93. The first-order chi connectivity index (χ1) is 13.1. The fourth-order valence-corrected chi connectivity index (χ4v) is 5.07. The van der Waals surface area contributed by atoms with Crippen LogP contribution in [0.2, 0.25) is 0 Å². The number of nitrogens with one attached hydrogen (secondary N) is 1. The number of nitrogens with zero attached hydrogens (tertiary/aromatic N) is 4. The lowest BCUT2D eigenvalue weighted by Crippen LogP contribution is -2.52. The zero-order chi connectivity index (χ0) is 20.5. The van der Waals surface area contributed by atoms with Gasteiger partial charge < -0.3 is 10.0 Å². The van der Waals surface area contributed by atoms with E-state index >= 15 is 0 Å². The first-order valence-electron chi connectivity index (χ1n) is 8.75. The summed E-state index contributed by atoms with van der Waals surface area (Å²) in [5.41, 5.74) is 0.373. The second-order valence-corrected chi connectivity index (χ2v) is 10.0. The van der Waals surface area contributed by atoms with Crippen molar-refractivity contribution in [1.29, 1.82) is 0 Å². The number of hydrogen-bond acceptors (Lipinski definition) is 7. The van der Waals surface area contributed by atoms with Crippen LogP contribution in [0.15, 0.2) is 35.5 Å². The molecule has 3 rings (SSSR count). The van der Waals surface area contributed by atoms with Gasteiger partial charge in [0, 0.05) is 35.8 Å². The van der Waals surface area contributed by atoms with E-state index in [0.717, 1.165) is 23.6 Å². The molecule has 9 nitrogen and oxygen atoms in total. The standard InChI is InChI=1S/C17H23N5O4S2/c1-17(2,3)22(16(23)24)13-8-9-21(10-13)12-4-6-14(7-5-12)28(25,26)20-15-18-11-19-27-15/h4-7,11,13H,8-10H2,1-3H3,(H,23,24)(H,18,19,20). The van der Waals surface area contributed by atoms with Gasteiger partial charge in [0.2, 0.25) is 5.13 Å². The monoisotopic (exact) mass is 425 g/mol. The van der Waals surface area contributed by atoms with E-state index in [9.17, 15) is 18.3 Å². The Labute approximate surface area is 168 Å². The Morgan fingerprint density at radius 1 is 1.32 bits per heavy atom. The molecule has 1 aliphatic heterocycles. The molecule has 0 spiro atoms. The molecule has 1 fully saturated rings. The first kappa shape index (κ1) is 20.3. The quantitative estimate of drug-likeness (QED) is 0.756. The number of hydrogen-bond donors (Lipinski definition) is 2. The van der Waals surface area contributed by atoms with Crippen molar-refractivity contribution >= 4 is 38.5 Å². The number of benzene rings is 1. The third-order valence-corrected chi connectivity index (χ3v) is 6.62. The lowest BCUT2D eigenvalue weighted by Gasteiger charge is -2.38. The minimum atomic E-state index is -3.72. The molecule has 0 bridgehead atoms. The van der Waals surface area contributed by atoms with Crippen molar-refractivity contribution in [1.82, 2.24) is 14.3 Å². The largest absolute Gasteiger partial charge is 0.465 e. The van der Waals surface area contributed by atoms with Gasteiger partial charge in [-0.2, -0.15) is 4.37 Å². The number of anilines is 2. The van der Waals surface area contributed by atoms with Crippen molar-refractivity contribution in [3.8, 4) is 0 Å². The minimum absolute atomic E-state index is 0.111. The Kier molecular flexibility index (Phi) is 5.48. The minimum Gasteiger partial charge on any atom is -0.465 e. The van der Waals surface area contributed by atoms with Crippen LogP contribution in [0.5, 0.6) is 0 Å². The zero-order valence-corrected chi connectivity index (χ0v) is 17.5. The molecule has 0 aliphatic carbocycles. The Hall–Kier alpha value is -2.40. The molecule has 1 unspecified atom stereocenters. The van der Waals surface area contributed by atoms with Crippen LogP contribution in [-0.2, 0) is 10.0 Å². The maximum atomic E-state index is 12.4. The molecule has 1 saturated heterocycles. The van der Waals surface area contributed by atoms with E-state index in [1.54, 1.807) is 12.1 Å². The molecule has 28 heavy (non-hydrogen) atoms. The molecular formula is C17H23N5O4S2. The van der Waals surface area contributed by atoms with Gasteiger partial charge in [0.15, 0.2) is 0 Å². The van der Waals surface area contributed by atoms with E-state index in [1.165, 1.54) is 23.4 Å². The highest BCUT2D eigenvalue weighted by atomic mass is 32.2. The van der Waals surface area contributed by atoms with Crippen LogP contribution in [0.25, 0.3) is 0 Å². The van der Waals surface area contributed by atoms with Crippen molar-refractivity contribution < 1.29 is 18.3 Å². The highest BCUT2D eigenvalue weighted by Gasteiger charge is 2.37. The fourth-order valence-electron chi connectivity index (χ4n) is 3.41. The molecule has 1 atom stereocenters. The van der Waals surface area contributed by atoms with E-state index < -0.39 is 21.7 Å². The number of rotatable bonds is 5. The van der Waals surface area contributed by atoms with Crippen LogP contribution in [-0.4, -0.2) is 58.5 Å². The van der Waals surface area contributed by atoms with Crippen molar-refractivity contribution in [2.45, 2.75) is 43.7 Å². The van der Waals surface area contributed by atoms with Crippen LogP contribution in [0, 0.1) is 0 Å². The summed E-state index contributed by atoms with van der Waals surface area (Å²) in [4.78, 5) is 19.2. The molecule has 2 aromatic rings. The second kappa shape index (κ2) is 7.55. The molecule has 1 aromatic heterocycles. The van der Waals surface area contributed by atoms with Crippen LogP contribution < -0.4 is 9.62 Å². The van der Waals surface area contributed by atoms with Crippen LogP contribution in [0.3, 0.4) is 0 Å². The normalized spacial score (nSPS) is 17.5. The van der Waals surface area contributed by atoms with E-state index in [1.807, 2.05) is 20.8 Å². The van der Waals surface area contributed by atoms with Crippen LogP contribution in [0.1, 0.15) is 27.2 Å². The van der Waals surface area contributed by atoms with E-state index in [4.69, 9.17) is 0 Å². The van der Waals surface area contributed by atoms with E-state index in [-0.39, 0.29) is 16.1 Å². The van der Waals surface area contributed by atoms with Gasteiger partial charge in [-0.3, -0.25) is 9.62 Å². The molecule has 1 aromatic carbocycles. The summed E-state index contributed by atoms with van der Waals surface area (Å²) in [6, 6.07) is 6.42. The van der Waals surface area contributed by atoms with Gasteiger partial charge in [0.1, 0.15) is 6.33 Å². The van der Waals surface area contributed by atoms with Crippen molar-refractivity contribution in [3.05, 3.63) is 30.6 Å². The van der Waals surface area contributed by atoms with Gasteiger partial charge in [0.05, 0.1) is 10.9 Å². The average Bonchev–Trinajstić information content (AvgIpc) is 3.25. The lowest BCUT2D eigenvalue weighted by atomic mass is 10.0. The molecule has 0 saturated carbocycles. The predicted octanol–water partition coefficient (Wildman–Crippen LogP) is 2.70. The van der Waals surface area contributed by atoms with Crippen LogP contribution in [0.4, 0.5) is 15.6 Å². The summed E-state index contributed by atoms with van der Waals surface area (Å²) < 4.78 is 31.0. The van der Waals surface area contributed by atoms with Gasteiger partial charge in [-0.1, -0.05) is 0 Å². The zero-order valence-electron chi connectivity index (χ0n) is 15.9. The predicted molar refractivity (Wildman–Crippen MR) is 107 cm³/mol. The third kappa shape index (κ3) is 4.36. The topological polar surface area (TPSA) is 116 Å². The summed E-state index contributed by atoms with van der Waals surface area (Å²) >= 11 is 0.963. The van der Waals surface area contributed by atoms with Gasteiger partial charge >= 0.3 is 6.09 Å². The maximum absolute atomic E-state index is 12.4. The summed E-state index contributed by atoms with van der Waals surface area (Å²) in [5.74, 6) is 0. The summed E-state index contributed by atoms with van der Waals surface area (Å²) in [5, 5.41) is 9.79. The van der Waals surface area contributed by atoms with Gasteiger partial charge in [-0.05, 0) is 51.5 Å². The van der Waals surface area contributed by atoms with Crippen LogP contribution >= 0.6 is 11.5 Å². The number of carboxylic acid groups (broad SMARTS) is 1. The molecule has 0 radical (unpaired) electrons. The summed E-state index contributed by atoms with van der Waals surface area (Å²) in [6.45, 7) is 6.93. The Morgan fingerprint density at radius 3 is 2.54 bits per heavy atom. The molecule has 11 heteroatoms. The van der Waals surface area contributed by atoms with Gasteiger partial charge in [-0.15, -0.1) is 0 Å². The van der Waals surface area contributed by atoms with E-state index in [0.29, 0.717) is 13.1 Å². The number of amides is 1. The number of sulfonamides is 1. The Morgan fingerprint density at radius 2 is 2.00 bits per heavy atom. The number of aromatic nitrogens is 2. The van der Waals surface area contributed by atoms with E-state index in [2.05, 4.69) is 19.0 Å². The number of carbonyl (C=O) groups is 1. The van der Waals surface area contributed by atoms with Gasteiger partial charge in [0.25, 0.3) is 10.0 Å². The summed E-state index contributed by atoms with van der Waals surface area (Å²) in [7, 11) is -3.72. The molecule has 2 N–H and O–H groups in total. The third-order valence-electron chi connectivity index (χ3n) is 4.55. The lowest BCUT2D eigenvalue weighted by molar-refractivity contribution is 0.0763. The SMILES string of the molecule is CC(C)(C)N(C(=O)O)C1CCN(c2ccc(S(=O)(=O)Nc3ncns3)cc2)C1. The maximum Gasteiger partial charge on any atom is 0.408 e. The van der Waals surface area contributed by atoms with Crippen molar-refractivity contribution in [2.75, 3.05) is 22.7 Å². The Bertz CT molecular complexity index is 923. The molecule has 1 amide bonds. The second-order valence-electron chi connectivity index (χ2n) is 7.56.